The van der Waals surface area contributed by atoms with E-state index >= 15 is 0 Å². The predicted molar refractivity (Wildman–Crippen MR) is 186 cm³/mol. The van der Waals surface area contributed by atoms with Crippen molar-refractivity contribution in [3.63, 3.8) is 0 Å². The highest BCUT2D eigenvalue weighted by Crippen LogP contribution is 2.47. The molecule has 15 heteroatoms. The van der Waals surface area contributed by atoms with Crippen molar-refractivity contribution in [2.24, 2.45) is 0 Å². The minimum absolute atomic E-state index is 0.0436. The maximum atomic E-state index is 13.5. The molecule has 2 heterocycles. The fourth-order valence-electron chi connectivity index (χ4n) is 6.14. The Morgan fingerprint density at radius 1 is 0.765 bits per heavy atom. The molecule has 1 aliphatic carbocycles. The third kappa shape index (κ3) is 11.0. The van der Waals surface area contributed by atoms with Crippen LogP contribution >= 0.6 is 11.6 Å². The van der Waals surface area contributed by atoms with Crippen LogP contribution in [0.1, 0.15) is 35.1 Å². The number of carboxylic acids is 4. The number of nitrogens with one attached hydrogen (secondary N) is 1. The van der Waals surface area contributed by atoms with Gasteiger partial charge in [-0.25, -0.2) is 28.4 Å². The number of imidazole rings is 1. The zero-order valence-electron chi connectivity index (χ0n) is 27.2. The van der Waals surface area contributed by atoms with Crippen LogP contribution in [0.3, 0.4) is 0 Å². The molecular weight excluding hydrogens is 687 g/mol. The van der Waals surface area contributed by atoms with Crippen LogP contribution < -0.4 is 5.69 Å². The maximum absolute atomic E-state index is 13.5. The van der Waals surface area contributed by atoms with Crippen molar-refractivity contribution < 1.29 is 44.0 Å². The summed E-state index contributed by atoms with van der Waals surface area (Å²) in [5, 5.41) is 32.0. The quantitative estimate of drug-likeness (QED) is 0.153. The summed E-state index contributed by atoms with van der Waals surface area (Å²) in [5.74, 6) is -5.01. The minimum Gasteiger partial charge on any atom is -0.478 e. The number of hydrogen-bond acceptors (Lipinski definition) is 7. The first-order valence-corrected chi connectivity index (χ1v) is 16.2. The van der Waals surface area contributed by atoms with Crippen LogP contribution in [-0.4, -0.2) is 96.4 Å². The molecule has 51 heavy (non-hydrogen) atoms. The van der Waals surface area contributed by atoms with E-state index in [9.17, 15) is 28.4 Å². The number of carbonyl (C=O) groups is 4. The van der Waals surface area contributed by atoms with Gasteiger partial charge in [0, 0.05) is 80.6 Å². The Hall–Kier alpha value is -5.57. The summed E-state index contributed by atoms with van der Waals surface area (Å²) in [6, 6.07) is 21.3. The summed E-state index contributed by atoms with van der Waals surface area (Å²) in [7, 11) is 0. The third-order valence-corrected chi connectivity index (χ3v) is 8.66. The molecule has 0 saturated carbocycles. The average molecular weight is 723 g/mol. The molecule has 6 rings (SSSR count). The van der Waals surface area contributed by atoms with Crippen LogP contribution in [0.25, 0.3) is 11.0 Å². The zero-order valence-corrected chi connectivity index (χ0v) is 27.9. The normalized spacial score (nSPS) is 17.4. The maximum Gasteiger partial charge on any atom is 0.328 e. The highest BCUT2D eigenvalue weighted by molar-refractivity contribution is 6.30. The monoisotopic (exact) mass is 722 g/mol. The van der Waals surface area contributed by atoms with E-state index in [0.717, 1.165) is 60.8 Å². The molecule has 2 aliphatic rings. The minimum atomic E-state index is -1.26. The number of H-pyrrole nitrogens is 1. The van der Waals surface area contributed by atoms with Crippen molar-refractivity contribution in [3.05, 3.63) is 129 Å². The van der Waals surface area contributed by atoms with Crippen molar-refractivity contribution >= 4 is 46.5 Å². The van der Waals surface area contributed by atoms with E-state index in [1.807, 2.05) is 47.0 Å². The molecular formula is C36H36ClFN4O9. The number of halogens is 2. The molecule has 2 atom stereocenters. The lowest BCUT2D eigenvalue weighted by molar-refractivity contribution is -0.134. The number of aromatic amines is 1. The summed E-state index contributed by atoms with van der Waals surface area (Å²) in [6.07, 6.45) is 3.21. The van der Waals surface area contributed by atoms with Gasteiger partial charge in [0.15, 0.2) is 0 Å². The third-order valence-electron chi connectivity index (χ3n) is 8.42. The second-order valence-electron chi connectivity index (χ2n) is 11.6. The fraction of sp³-hybridized carbons (Fsp3) is 0.250. The van der Waals surface area contributed by atoms with Crippen LogP contribution in [0.15, 0.2) is 95.8 Å². The largest absolute Gasteiger partial charge is 0.478 e. The molecule has 1 aromatic heterocycles. The Morgan fingerprint density at radius 3 is 1.90 bits per heavy atom. The van der Waals surface area contributed by atoms with Gasteiger partial charge < -0.3 is 25.4 Å². The first kappa shape index (κ1) is 38.2. The molecule has 0 radical (unpaired) electrons. The standard InChI is InChI=1S/C28H28ClFN4O.2C4H4O4/c29-20-7-10-22-24(17-20)23(19-5-8-21(30)9-6-19)18-27(22)33-14-11-32(12-15-33)13-16-34-26-4-2-1-3-25(26)31-28(34)35;2*5-3(6)1-2-4(7)8/h1-10,17,23,27H,11-16,18H2,(H,31,35);2*1-2H,(H,5,6)(H,7,8)/b;2*2-1-. The molecule has 5 N–H and O–H groups in total. The molecule has 3 aromatic carbocycles. The molecule has 1 aliphatic heterocycles. The molecule has 2 unspecified atom stereocenters. The Labute approximate surface area is 296 Å². The number of nitrogens with zero attached hydrogens (tertiary/aromatic N) is 3. The number of piperazine rings is 1. The van der Waals surface area contributed by atoms with Crippen LogP contribution in [0.4, 0.5) is 4.39 Å². The van der Waals surface area contributed by atoms with Crippen LogP contribution in [0.2, 0.25) is 5.02 Å². The first-order chi connectivity index (χ1) is 24.3. The van der Waals surface area contributed by atoms with Crippen molar-refractivity contribution in [2.45, 2.75) is 24.9 Å². The SMILES string of the molecule is O=C(O)/C=C\C(=O)O.O=C(O)/C=C\C(=O)O.O=c1[nH]c2ccccc2n1CCN1CCN(C2CC(c3ccc(F)cc3)c3cc(Cl)ccc32)CC1. The van der Waals surface area contributed by atoms with E-state index in [-0.39, 0.29) is 17.4 Å². The molecule has 13 nitrogen and oxygen atoms in total. The second-order valence-corrected chi connectivity index (χ2v) is 12.1. The second kappa shape index (κ2) is 17.9. The van der Waals surface area contributed by atoms with Crippen LogP contribution in [0, 0.1) is 5.82 Å². The molecule has 4 aromatic rings. The number of rotatable bonds is 9. The van der Waals surface area contributed by atoms with Crippen molar-refractivity contribution in [1.29, 1.82) is 0 Å². The average Bonchev–Trinajstić information content (AvgIpc) is 3.63. The van der Waals surface area contributed by atoms with Gasteiger partial charge in [-0.05, 0) is 59.5 Å². The summed E-state index contributed by atoms with van der Waals surface area (Å²) >= 11 is 6.37. The zero-order chi connectivity index (χ0) is 37.1. The number of fused-ring (bicyclic) bond motifs is 2. The lowest BCUT2D eigenvalue weighted by atomic mass is 9.93. The molecule has 1 fully saturated rings. The number of para-hydroxylation sites is 2. The number of benzene rings is 3. The lowest BCUT2D eigenvalue weighted by Gasteiger charge is -2.38. The van der Waals surface area contributed by atoms with E-state index < -0.39 is 23.9 Å². The highest BCUT2D eigenvalue weighted by atomic mass is 35.5. The van der Waals surface area contributed by atoms with E-state index in [2.05, 4.69) is 26.9 Å². The number of hydrogen-bond donors (Lipinski definition) is 5. The summed E-state index contributed by atoms with van der Waals surface area (Å²) in [4.78, 5) is 58.6. The number of aliphatic carboxylic acids is 4. The summed E-state index contributed by atoms with van der Waals surface area (Å²) in [5.41, 5.74) is 5.54. The number of carboxylic acid groups (broad SMARTS) is 4. The van der Waals surface area contributed by atoms with Gasteiger partial charge in [-0.1, -0.05) is 41.9 Å². The Balaban J connectivity index is 0.000000305. The van der Waals surface area contributed by atoms with Crippen molar-refractivity contribution in [1.82, 2.24) is 19.4 Å². The van der Waals surface area contributed by atoms with E-state index in [1.165, 1.54) is 11.1 Å². The molecule has 268 valence electrons. The van der Waals surface area contributed by atoms with Gasteiger partial charge in [0.2, 0.25) is 0 Å². The van der Waals surface area contributed by atoms with E-state index in [4.69, 9.17) is 32.0 Å². The van der Waals surface area contributed by atoms with E-state index in [0.29, 0.717) is 36.9 Å². The fourth-order valence-corrected chi connectivity index (χ4v) is 6.32. The van der Waals surface area contributed by atoms with Crippen LogP contribution in [0.5, 0.6) is 0 Å². The van der Waals surface area contributed by atoms with Gasteiger partial charge in [0.1, 0.15) is 5.82 Å². The molecule has 0 amide bonds. The highest BCUT2D eigenvalue weighted by Gasteiger charge is 2.36. The smallest absolute Gasteiger partial charge is 0.328 e. The predicted octanol–water partition coefficient (Wildman–Crippen LogP) is 4.44. The van der Waals surface area contributed by atoms with Gasteiger partial charge in [-0.15, -0.1) is 0 Å². The Morgan fingerprint density at radius 2 is 1.33 bits per heavy atom. The van der Waals surface area contributed by atoms with Crippen molar-refractivity contribution in [3.8, 4) is 0 Å². The Kier molecular flexibility index (Phi) is 13.4. The molecule has 0 bridgehead atoms. The van der Waals surface area contributed by atoms with Gasteiger partial charge >= 0.3 is 29.6 Å². The summed E-state index contributed by atoms with van der Waals surface area (Å²) in [6.45, 7) is 5.43. The molecule has 0 spiro atoms. The summed E-state index contributed by atoms with van der Waals surface area (Å²) < 4.78 is 15.4. The van der Waals surface area contributed by atoms with Gasteiger partial charge in [0.25, 0.3) is 0 Å². The van der Waals surface area contributed by atoms with Gasteiger partial charge in [-0.2, -0.15) is 0 Å². The lowest BCUT2D eigenvalue weighted by Crippen LogP contribution is -2.48. The number of aromatic nitrogens is 2. The topological polar surface area (TPSA) is 193 Å². The van der Waals surface area contributed by atoms with Crippen molar-refractivity contribution in [2.75, 3.05) is 32.7 Å². The first-order valence-electron chi connectivity index (χ1n) is 15.8. The Bertz CT molecular complexity index is 1920. The van der Waals surface area contributed by atoms with Gasteiger partial charge in [-0.3, -0.25) is 14.4 Å². The van der Waals surface area contributed by atoms with E-state index in [1.54, 1.807) is 12.1 Å². The van der Waals surface area contributed by atoms with Crippen LogP contribution in [-0.2, 0) is 25.7 Å². The molecule has 1 saturated heterocycles. The van der Waals surface area contributed by atoms with Gasteiger partial charge in [0.05, 0.1) is 11.0 Å².